The molecule has 0 aliphatic carbocycles. The molecule has 0 unspecified atom stereocenters. The molecule has 100 valence electrons. The summed E-state index contributed by atoms with van der Waals surface area (Å²) in [4.78, 5) is 17.3. The summed E-state index contributed by atoms with van der Waals surface area (Å²) in [6.07, 6.45) is 2.13. The van der Waals surface area contributed by atoms with Gasteiger partial charge in [0.1, 0.15) is 6.04 Å². The number of carbonyl (C=O) groups is 1. The molecule has 0 aliphatic rings. The van der Waals surface area contributed by atoms with Gasteiger partial charge in [0.05, 0.1) is 7.11 Å². The number of nitrogens with one attached hydrogen (secondary N) is 1. The van der Waals surface area contributed by atoms with Crippen LogP contribution < -0.4 is 0 Å². The van der Waals surface area contributed by atoms with Crippen LogP contribution in [0.15, 0.2) is 35.6 Å². The van der Waals surface area contributed by atoms with Gasteiger partial charge in [0.15, 0.2) is 0 Å². The molecule has 0 saturated heterocycles. The second-order valence-corrected chi connectivity index (χ2v) is 3.81. The van der Waals surface area contributed by atoms with Crippen LogP contribution in [0.5, 0.6) is 0 Å². The number of esters is 1. The van der Waals surface area contributed by atoms with Crippen LogP contribution in [0.3, 0.4) is 0 Å². The molecule has 0 bridgehead atoms. The van der Waals surface area contributed by atoms with Crippen LogP contribution in [0.4, 0.5) is 0 Å². The number of para-hydroxylation sites is 1. The molecule has 0 spiro atoms. The van der Waals surface area contributed by atoms with Crippen molar-refractivity contribution >= 4 is 16.9 Å². The Morgan fingerprint density at radius 2 is 2.26 bits per heavy atom. The molecule has 1 N–H and O–H groups in total. The lowest BCUT2D eigenvalue weighted by atomic mass is 10.1. The van der Waals surface area contributed by atoms with Gasteiger partial charge in [-0.05, 0) is 23.6 Å². The second-order valence-electron chi connectivity index (χ2n) is 3.81. The Labute approximate surface area is 111 Å². The summed E-state index contributed by atoms with van der Waals surface area (Å²) < 4.78 is 4.61. The number of fused-ring (bicyclic) bond motifs is 1. The van der Waals surface area contributed by atoms with E-state index in [-0.39, 0.29) is 7.43 Å². The van der Waals surface area contributed by atoms with Crippen molar-refractivity contribution in [2.75, 3.05) is 7.11 Å². The Kier molecular flexibility index (Phi) is 4.97. The molecular weight excluding hydrogens is 244 g/mol. The number of nitrogens with zero attached hydrogens (tertiary/aromatic N) is 3. The van der Waals surface area contributed by atoms with Gasteiger partial charge in [-0.15, -0.1) is 0 Å². The van der Waals surface area contributed by atoms with E-state index < -0.39 is 12.0 Å². The molecule has 1 aromatic carbocycles. The van der Waals surface area contributed by atoms with E-state index in [1.165, 1.54) is 7.11 Å². The van der Waals surface area contributed by atoms with Crippen molar-refractivity contribution in [1.82, 2.24) is 4.98 Å². The fourth-order valence-corrected chi connectivity index (χ4v) is 1.88. The minimum Gasteiger partial charge on any atom is -0.469 e. The Bertz CT molecular complexity index is 614. The van der Waals surface area contributed by atoms with Crippen LogP contribution in [0.2, 0.25) is 0 Å². The smallest absolute Gasteiger partial charge is 0.314 e. The number of carbonyl (C=O) groups excluding carboxylic acids is 1. The summed E-state index contributed by atoms with van der Waals surface area (Å²) in [5.74, 6) is -0.530. The van der Waals surface area contributed by atoms with E-state index in [1.807, 2.05) is 30.5 Å². The summed E-state index contributed by atoms with van der Waals surface area (Å²) in [6.45, 7) is 0. The van der Waals surface area contributed by atoms with Gasteiger partial charge in [-0.2, -0.15) is 0 Å². The van der Waals surface area contributed by atoms with E-state index in [9.17, 15) is 4.79 Å². The highest BCUT2D eigenvalue weighted by Crippen LogP contribution is 2.20. The topological polar surface area (TPSA) is 90.9 Å². The normalized spacial score (nSPS) is 11.2. The molecule has 2 aromatic rings. The van der Waals surface area contributed by atoms with E-state index in [2.05, 4.69) is 19.7 Å². The molecule has 1 atom stereocenters. The van der Waals surface area contributed by atoms with Crippen LogP contribution in [0, 0.1) is 0 Å². The number of azide groups is 1. The number of aromatic amines is 1. The first kappa shape index (κ1) is 14.6. The minimum atomic E-state index is -0.834. The van der Waals surface area contributed by atoms with Crippen LogP contribution in [-0.2, 0) is 16.0 Å². The molecule has 0 aliphatic heterocycles. The highest BCUT2D eigenvalue weighted by Gasteiger charge is 2.19. The molecule has 2 rings (SSSR count). The molecule has 1 aromatic heterocycles. The van der Waals surface area contributed by atoms with Gasteiger partial charge in [-0.3, -0.25) is 4.79 Å². The first-order valence-corrected chi connectivity index (χ1v) is 5.43. The van der Waals surface area contributed by atoms with Crippen molar-refractivity contribution in [1.29, 1.82) is 0 Å². The third-order valence-corrected chi connectivity index (χ3v) is 2.75. The Morgan fingerprint density at radius 3 is 2.95 bits per heavy atom. The van der Waals surface area contributed by atoms with Crippen molar-refractivity contribution in [2.45, 2.75) is 19.9 Å². The average molecular weight is 260 g/mol. The third-order valence-electron chi connectivity index (χ3n) is 2.75. The van der Waals surface area contributed by atoms with Crippen molar-refractivity contribution in [2.24, 2.45) is 5.11 Å². The molecule has 6 nitrogen and oxygen atoms in total. The molecular formula is C13H16N4O2. The van der Waals surface area contributed by atoms with Crippen molar-refractivity contribution in [3.8, 4) is 0 Å². The number of rotatable bonds is 4. The van der Waals surface area contributed by atoms with Gasteiger partial charge in [-0.25, -0.2) is 0 Å². The zero-order valence-electron chi connectivity index (χ0n) is 9.83. The highest BCUT2D eigenvalue weighted by atomic mass is 16.5. The maximum Gasteiger partial charge on any atom is 0.314 e. The Morgan fingerprint density at radius 1 is 1.53 bits per heavy atom. The fraction of sp³-hybridized carbons (Fsp3) is 0.308. The summed E-state index contributed by atoms with van der Waals surface area (Å²) in [5, 5.41) is 4.48. The number of H-pyrrole nitrogens is 1. The predicted octanol–water partition coefficient (Wildman–Crippen LogP) is 3.20. The first-order chi connectivity index (χ1) is 8.76. The van der Waals surface area contributed by atoms with Crippen molar-refractivity contribution in [3.05, 3.63) is 46.5 Å². The van der Waals surface area contributed by atoms with Gasteiger partial charge in [-0.1, -0.05) is 30.7 Å². The van der Waals surface area contributed by atoms with Gasteiger partial charge in [0.25, 0.3) is 0 Å². The molecule has 6 heteroatoms. The molecule has 0 saturated carbocycles. The number of aromatic nitrogens is 1. The zero-order valence-corrected chi connectivity index (χ0v) is 9.83. The number of hydrogen-bond acceptors (Lipinski definition) is 3. The summed E-state index contributed by atoms with van der Waals surface area (Å²) in [5.41, 5.74) is 10.4. The van der Waals surface area contributed by atoms with E-state index >= 15 is 0 Å². The van der Waals surface area contributed by atoms with Crippen LogP contribution in [0.1, 0.15) is 13.0 Å². The van der Waals surface area contributed by atoms with Crippen molar-refractivity contribution < 1.29 is 9.53 Å². The zero-order chi connectivity index (χ0) is 13.0. The fourth-order valence-electron chi connectivity index (χ4n) is 1.88. The van der Waals surface area contributed by atoms with Crippen molar-refractivity contribution in [3.63, 3.8) is 0 Å². The van der Waals surface area contributed by atoms with Crippen LogP contribution >= 0.6 is 0 Å². The first-order valence-electron chi connectivity index (χ1n) is 5.43. The lowest BCUT2D eigenvalue weighted by molar-refractivity contribution is -0.142. The van der Waals surface area contributed by atoms with Crippen LogP contribution in [-0.4, -0.2) is 24.1 Å². The molecule has 1 heterocycles. The largest absolute Gasteiger partial charge is 0.469 e. The van der Waals surface area contributed by atoms with Crippen LogP contribution in [0.25, 0.3) is 21.3 Å². The molecule has 19 heavy (non-hydrogen) atoms. The minimum absolute atomic E-state index is 0. The SMILES string of the molecule is C.COC(=O)[C@H](Cc1c[nH]c2ccccc12)N=[N+]=[N-]. The van der Waals surface area contributed by atoms with Gasteiger partial charge in [0, 0.05) is 22.0 Å². The Hall–Kier alpha value is -2.46. The van der Waals surface area contributed by atoms with Gasteiger partial charge in [0.2, 0.25) is 0 Å². The predicted molar refractivity (Wildman–Crippen MR) is 73.7 cm³/mol. The monoisotopic (exact) mass is 260 g/mol. The summed E-state index contributed by atoms with van der Waals surface area (Å²) in [6, 6.07) is 6.90. The molecule has 0 amide bonds. The average Bonchev–Trinajstić information content (AvgIpc) is 2.81. The maximum atomic E-state index is 11.5. The lowest BCUT2D eigenvalue weighted by Gasteiger charge is -2.07. The Balaban J connectivity index is 0.00000180. The number of benzene rings is 1. The van der Waals surface area contributed by atoms with E-state index in [1.54, 1.807) is 0 Å². The van der Waals surface area contributed by atoms with Gasteiger partial charge >= 0.3 is 5.97 Å². The number of ether oxygens (including phenoxy) is 1. The molecule has 0 radical (unpaired) electrons. The standard InChI is InChI=1S/C12H12N4O2.CH4/c1-18-12(17)11(15-16-13)6-8-7-14-10-5-3-2-4-9(8)10;/h2-5,7,11,14H,6H2,1H3;1H4/t11-;/m0./s1. The quantitative estimate of drug-likeness (QED) is 0.396. The summed E-state index contributed by atoms with van der Waals surface area (Å²) >= 11 is 0. The lowest BCUT2D eigenvalue weighted by Crippen LogP contribution is -2.21. The number of hydrogen-bond donors (Lipinski definition) is 1. The van der Waals surface area contributed by atoms with E-state index in [0.29, 0.717) is 6.42 Å². The van der Waals surface area contributed by atoms with E-state index in [4.69, 9.17) is 5.53 Å². The van der Waals surface area contributed by atoms with Gasteiger partial charge < -0.3 is 9.72 Å². The number of methoxy groups -OCH3 is 1. The highest BCUT2D eigenvalue weighted by molar-refractivity contribution is 5.84. The second kappa shape index (κ2) is 6.47. The molecule has 0 fully saturated rings. The third kappa shape index (κ3) is 3.05. The maximum absolute atomic E-state index is 11.5. The summed E-state index contributed by atoms with van der Waals surface area (Å²) in [7, 11) is 1.28. The van der Waals surface area contributed by atoms with E-state index in [0.717, 1.165) is 16.5 Å².